The number of hydrogen-bond acceptors (Lipinski definition) is 4. The van der Waals surface area contributed by atoms with Gasteiger partial charge in [-0.25, -0.2) is 13.2 Å². The van der Waals surface area contributed by atoms with E-state index in [2.05, 4.69) is 5.32 Å². The zero-order chi connectivity index (χ0) is 17.0. The van der Waals surface area contributed by atoms with E-state index in [1.165, 1.54) is 0 Å². The molecule has 1 aliphatic rings. The van der Waals surface area contributed by atoms with Crippen LogP contribution in [-0.4, -0.2) is 50.0 Å². The minimum atomic E-state index is -3.04. The number of carbonyl (C=O) groups excluding carboxylic acids is 1. The van der Waals surface area contributed by atoms with Gasteiger partial charge < -0.3 is 14.6 Å². The van der Waals surface area contributed by atoms with Gasteiger partial charge in [-0.2, -0.15) is 0 Å². The molecule has 0 unspecified atom stereocenters. The van der Waals surface area contributed by atoms with Gasteiger partial charge in [0, 0.05) is 25.6 Å². The zero-order valence-electron chi connectivity index (χ0n) is 14.0. The van der Waals surface area contributed by atoms with Crippen LogP contribution in [0, 0.1) is 12.8 Å². The van der Waals surface area contributed by atoms with Crippen molar-refractivity contribution in [1.29, 1.82) is 0 Å². The van der Waals surface area contributed by atoms with Crippen molar-refractivity contribution in [1.82, 2.24) is 10.2 Å². The van der Waals surface area contributed by atoms with Crippen LogP contribution in [-0.2, 0) is 16.3 Å². The number of amides is 2. The zero-order valence-corrected chi connectivity index (χ0v) is 14.9. The lowest BCUT2D eigenvalue weighted by Crippen LogP contribution is -2.46. The molecule has 7 heteroatoms. The standard InChI is InChI=1S/C16H26N2O4S/c1-12-10-18(8-9-23(20,21)11-12)16(19)17-13(2)4-6-15-7-5-14(3)22-15/h5,7,12-13H,4,6,8-11H2,1-3H3,(H,17,19)/t12-,13-/m0/s1. The van der Waals surface area contributed by atoms with Gasteiger partial charge in [-0.3, -0.25) is 0 Å². The molecule has 0 aliphatic carbocycles. The molecule has 0 aromatic carbocycles. The molecule has 2 amide bonds. The van der Waals surface area contributed by atoms with Gasteiger partial charge in [0.05, 0.1) is 11.5 Å². The second kappa shape index (κ2) is 7.38. The summed E-state index contributed by atoms with van der Waals surface area (Å²) in [6.45, 7) is 6.47. The van der Waals surface area contributed by atoms with E-state index in [4.69, 9.17) is 4.42 Å². The van der Waals surface area contributed by atoms with E-state index < -0.39 is 9.84 Å². The molecule has 0 saturated carbocycles. The van der Waals surface area contributed by atoms with E-state index in [1.54, 1.807) is 4.90 Å². The predicted octanol–water partition coefficient (Wildman–Crippen LogP) is 1.99. The number of aryl methyl sites for hydroxylation is 2. The second-order valence-corrected chi connectivity index (χ2v) is 8.80. The number of urea groups is 1. The monoisotopic (exact) mass is 342 g/mol. The number of carbonyl (C=O) groups is 1. The molecule has 130 valence electrons. The molecule has 6 nitrogen and oxygen atoms in total. The number of furan rings is 1. The van der Waals surface area contributed by atoms with Crippen LogP contribution in [0.2, 0.25) is 0 Å². The van der Waals surface area contributed by atoms with Crippen LogP contribution in [0.3, 0.4) is 0 Å². The first-order valence-corrected chi connectivity index (χ1v) is 9.88. The maximum absolute atomic E-state index is 12.3. The van der Waals surface area contributed by atoms with Crippen LogP contribution in [0.15, 0.2) is 16.5 Å². The molecule has 1 aliphatic heterocycles. The molecule has 1 aromatic heterocycles. The minimum Gasteiger partial charge on any atom is -0.466 e. The van der Waals surface area contributed by atoms with Crippen LogP contribution in [0.1, 0.15) is 31.8 Å². The Morgan fingerprint density at radius 2 is 2.22 bits per heavy atom. The fraction of sp³-hybridized carbons (Fsp3) is 0.688. The van der Waals surface area contributed by atoms with Crippen molar-refractivity contribution in [2.45, 2.75) is 39.7 Å². The summed E-state index contributed by atoms with van der Waals surface area (Å²) >= 11 is 0. The van der Waals surface area contributed by atoms with Crippen molar-refractivity contribution >= 4 is 15.9 Å². The molecular formula is C16H26N2O4S. The Kier molecular flexibility index (Phi) is 5.73. The Hall–Kier alpha value is -1.50. The lowest BCUT2D eigenvalue weighted by Gasteiger charge is -2.24. The topological polar surface area (TPSA) is 79.6 Å². The normalized spacial score (nSPS) is 22.4. The molecule has 2 atom stereocenters. The molecule has 2 rings (SSSR count). The van der Waals surface area contributed by atoms with Gasteiger partial charge >= 0.3 is 6.03 Å². The van der Waals surface area contributed by atoms with Crippen molar-refractivity contribution < 1.29 is 17.6 Å². The first kappa shape index (κ1) is 17.8. The third kappa shape index (κ3) is 5.57. The van der Waals surface area contributed by atoms with Gasteiger partial charge in [0.1, 0.15) is 11.5 Å². The summed E-state index contributed by atoms with van der Waals surface area (Å²) < 4.78 is 29.0. The second-order valence-electron chi connectivity index (χ2n) is 6.57. The summed E-state index contributed by atoms with van der Waals surface area (Å²) in [5.41, 5.74) is 0. The maximum atomic E-state index is 12.3. The van der Waals surface area contributed by atoms with Crippen LogP contribution in [0.4, 0.5) is 4.79 Å². The molecule has 0 bridgehead atoms. The third-order valence-corrected chi connectivity index (χ3v) is 5.90. The van der Waals surface area contributed by atoms with Crippen LogP contribution in [0.25, 0.3) is 0 Å². The van der Waals surface area contributed by atoms with E-state index in [-0.39, 0.29) is 36.0 Å². The summed E-state index contributed by atoms with van der Waals surface area (Å²) in [4.78, 5) is 13.9. The van der Waals surface area contributed by atoms with Crippen molar-refractivity contribution in [2.24, 2.45) is 5.92 Å². The quantitative estimate of drug-likeness (QED) is 0.907. The van der Waals surface area contributed by atoms with Crippen LogP contribution in [0.5, 0.6) is 0 Å². The van der Waals surface area contributed by atoms with Gasteiger partial charge in [0.2, 0.25) is 0 Å². The summed E-state index contributed by atoms with van der Waals surface area (Å²) in [6, 6.07) is 3.70. The molecule has 0 radical (unpaired) electrons. The highest BCUT2D eigenvalue weighted by molar-refractivity contribution is 7.91. The van der Waals surface area contributed by atoms with Crippen LogP contribution >= 0.6 is 0 Å². The first-order valence-electron chi connectivity index (χ1n) is 8.06. The Morgan fingerprint density at radius 3 is 2.87 bits per heavy atom. The van der Waals surface area contributed by atoms with E-state index in [9.17, 15) is 13.2 Å². The fourth-order valence-electron chi connectivity index (χ4n) is 2.82. The molecule has 1 N–H and O–H groups in total. The summed E-state index contributed by atoms with van der Waals surface area (Å²) in [5.74, 6) is 1.97. The maximum Gasteiger partial charge on any atom is 0.317 e. The molecular weight excluding hydrogens is 316 g/mol. The Morgan fingerprint density at radius 1 is 1.48 bits per heavy atom. The van der Waals surface area contributed by atoms with E-state index in [0.717, 1.165) is 24.4 Å². The van der Waals surface area contributed by atoms with E-state index in [0.29, 0.717) is 6.54 Å². The highest BCUT2D eigenvalue weighted by Crippen LogP contribution is 2.12. The fourth-order valence-corrected chi connectivity index (χ4v) is 4.46. The van der Waals surface area contributed by atoms with Gasteiger partial charge in [0.25, 0.3) is 0 Å². The number of hydrogen-bond donors (Lipinski definition) is 1. The Bertz CT molecular complexity index is 638. The molecule has 1 aromatic rings. The summed E-state index contributed by atoms with van der Waals surface area (Å²) in [5, 5.41) is 2.95. The van der Waals surface area contributed by atoms with Crippen molar-refractivity contribution in [3.63, 3.8) is 0 Å². The largest absolute Gasteiger partial charge is 0.466 e. The highest BCUT2D eigenvalue weighted by Gasteiger charge is 2.27. The molecule has 1 fully saturated rings. The SMILES string of the molecule is Cc1ccc(CC[C@H](C)NC(=O)N2CCS(=O)(=O)C[C@@H](C)C2)o1. The van der Waals surface area contributed by atoms with E-state index in [1.807, 2.05) is 32.9 Å². The highest BCUT2D eigenvalue weighted by atomic mass is 32.2. The molecule has 2 heterocycles. The molecule has 1 saturated heterocycles. The number of rotatable bonds is 4. The van der Waals surface area contributed by atoms with Crippen molar-refractivity contribution in [3.8, 4) is 0 Å². The Balaban J connectivity index is 1.83. The minimum absolute atomic E-state index is 0.00284. The number of sulfone groups is 1. The van der Waals surface area contributed by atoms with E-state index >= 15 is 0 Å². The lowest BCUT2D eigenvalue weighted by atomic mass is 10.1. The summed E-state index contributed by atoms with van der Waals surface area (Å²) in [7, 11) is -3.04. The van der Waals surface area contributed by atoms with Gasteiger partial charge in [-0.05, 0) is 38.3 Å². The Labute approximate surface area is 138 Å². The summed E-state index contributed by atoms with van der Waals surface area (Å²) in [6.07, 6.45) is 1.54. The lowest BCUT2D eigenvalue weighted by molar-refractivity contribution is 0.192. The number of nitrogens with one attached hydrogen (secondary N) is 1. The number of nitrogens with zero attached hydrogens (tertiary/aromatic N) is 1. The third-order valence-electron chi connectivity index (χ3n) is 4.02. The van der Waals surface area contributed by atoms with Gasteiger partial charge in [-0.15, -0.1) is 0 Å². The van der Waals surface area contributed by atoms with Gasteiger partial charge in [0.15, 0.2) is 9.84 Å². The van der Waals surface area contributed by atoms with Crippen molar-refractivity contribution in [3.05, 3.63) is 23.7 Å². The average Bonchev–Trinajstić information content (AvgIpc) is 2.79. The smallest absolute Gasteiger partial charge is 0.317 e. The van der Waals surface area contributed by atoms with Crippen LogP contribution < -0.4 is 5.32 Å². The molecule has 23 heavy (non-hydrogen) atoms. The van der Waals surface area contributed by atoms with Gasteiger partial charge in [-0.1, -0.05) is 6.92 Å². The van der Waals surface area contributed by atoms with Crippen molar-refractivity contribution in [2.75, 3.05) is 24.6 Å². The average molecular weight is 342 g/mol. The predicted molar refractivity (Wildman–Crippen MR) is 89.2 cm³/mol. The molecule has 0 spiro atoms. The first-order chi connectivity index (χ1) is 10.7.